The number of amides is 1. The van der Waals surface area contributed by atoms with Crippen LogP contribution in [0, 0.1) is 6.92 Å². The molecule has 1 rings (SSSR count). The molecule has 0 unspecified atom stereocenters. The summed E-state index contributed by atoms with van der Waals surface area (Å²) < 4.78 is 0. The van der Waals surface area contributed by atoms with Crippen molar-refractivity contribution in [3.8, 4) is 0 Å². The third kappa shape index (κ3) is 3.98. The number of hydrogen-bond acceptors (Lipinski definition) is 3. The molecule has 0 aliphatic carbocycles. The van der Waals surface area contributed by atoms with Crippen molar-refractivity contribution < 1.29 is 4.79 Å². The van der Waals surface area contributed by atoms with Gasteiger partial charge < -0.3 is 10.2 Å². The van der Waals surface area contributed by atoms with E-state index in [1.165, 1.54) is 0 Å². The van der Waals surface area contributed by atoms with Crippen molar-refractivity contribution in [2.75, 3.05) is 20.1 Å². The molecule has 1 aromatic rings. The molecular formula is C12H19N3O. The molecule has 88 valence electrons. The number of nitrogens with one attached hydrogen (secondary N) is 1. The van der Waals surface area contributed by atoms with Crippen LogP contribution in [0.25, 0.3) is 0 Å². The van der Waals surface area contributed by atoms with Crippen molar-refractivity contribution in [3.05, 3.63) is 29.6 Å². The zero-order valence-corrected chi connectivity index (χ0v) is 10.2. The Morgan fingerprint density at radius 3 is 2.81 bits per heavy atom. The third-order valence-corrected chi connectivity index (χ3v) is 2.46. The zero-order valence-electron chi connectivity index (χ0n) is 10.2. The van der Waals surface area contributed by atoms with Crippen LogP contribution in [0.1, 0.15) is 18.2 Å². The van der Waals surface area contributed by atoms with Crippen molar-refractivity contribution in [3.63, 3.8) is 0 Å². The van der Waals surface area contributed by atoms with Crippen LogP contribution in [0.4, 0.5) is 0 Å². The summed E-state index contributed by atoms with van der Waals surface area (Å²) in [5.74, 6) is 0.106. The highest BCUT2D eigenvalue weighted by Gasteiger charge is 2.05. The van der Waals surface area contributed by atoms with Crippen molar-refractivity contribution in [2.45, 2.75) is 20.4 Å². The molecule has 0 saturated heterocycles. The van der Waals surface area contributed by atoms with Crippen LogP contribution in [0.3, 0.4) is 0 Å². The van der Waals surface area contributed by atoms with Gasteiger partial charge in [0.25, 0.3) is 0 Å². The van der Waals surface area contributed by atoms with Gasteiger partial charge in [-0.15, -0.1) is 0 Å². The lowest BCUT2D eigenvalue weighted by Crippen LogP contribution is -2.35. The zero-order chi connectivity index (χ0) is 12.0. The van der Waals surface area contributed by atoms with Gasteiger partial charge in [-0.2, -0.15) is 0 Å². The molecule has 0 aliphatic heterocycles. The molecule has 4 nitrogen and oxygen atoms in total. The number of rotatable bonds is 5. The van der Waals surface area contributed by atoms with E-state index >= 15 is 0 Å². The molecule has 0 aliphatic rings. The second-order valence-corrected chi connectivity index (χ2v) is 3.84. The van der Waals surface area contributed by atoms with Crippen LogP contribution in [-0.4, -0.2) is 35.9 Å². The summed E-state index contributed by atoms with van der Waals surface area (Å²) in [5.41, 5.74) is 2.10. The summed E-state index contributed by atoms with van der Waals surface area (Å²) >= 11 is 0. The minimum Gasteiger partial charge on any atom is -0.345 e. The van der Waals surface area contributed by atoms with E-state index in [0.717, 1.165) is 17.8 Å². The van der Waals surface area contributed by atoms with Crippen LogP contribution in [0.15, 0.2) is 18.3 Å². The summed E-state index contributed by atoms with van der Waals surface area (Å²) in [4.78, 5) is 17.4. The quantitative estimate of drug-likeness (QED) is 0.805. The molecule has 1 amide bonds. The first kappa shape index (κ1) is 12.6. The summed E-state index contributed by atoms with van der Waals surface area (Å²) in [6.45, 7) is 5.69. The number of carbonyl (C=O) groups excluding carboxylic acids is 1. The Labute approximate surface area is 96.7 Å². The molecule has 0 radical (unpaired) electrons. The lowest BCUT2D eigenvalue weighted by Gasteiger charge is -2.14. The maximum Gasteiger partial charge on any atom is 0.236 e. The van der Waals surface area contributed by atoms with Crippen molar-refractivity contribution >= 4 is 5.91 Å². The van der Waals surface area contributed by atoms with Crippen molar-refractivity contribution in [1.82, 2.24) is 15.2 Å². The second-order valence-electron chi connectivity index (χ2n) is 3.84. The van der Waals surface area contributed by atoms with Gasteiger partial charge in [-0.05, 0) is 25.5 Å². The minimum absolute atomic E-state index is 0.106. The molecule has 0 spiro atoms. The van der Waals surface area contributed by atoms with E-state index in [0.29, 0.717) is 13.1 Å². The van der Waals surface area contributed by atoms with E-state index < -0.39 is 0 Å². The molecule has 4 heteroatoms. The Hall–Kier alpha value is -1.42. The second kappa shape index (κ2) is 6.23. The van der Waals surface area contributed by atoms with E-state index in [1.54, 1.807) is 11.9 Å². The summed E-state index contributed by atoms with van der Waals surface area (Å²) in [7, 11) is 1.80. The van der Waals surface area contributed by atoms with Crippen LogP contribution < -0.4 is 5.32 Å². The normalized spacial score (nSPS) is 10.2. The first-order valence-electron chi connectivity index (χ1n) is 5.49. The fourth-order valence-electron chi connectivity index (χ4n) is 1.21. The van der Waals surface area contributed by atoms with Crippen molar-refractivity contribution in [1.29, 1.82) is 0 Å². The molecule has 0 saturated carbocycles. The number of hydrogen-bond donors (Lipinski definition) is 1. The third-order valence-electron chi connectivity index (χ3n) is 2.46. The van der Waals surface area contributed by atoms with Gasteiger partial charge in [-0.25, -0.2) is 0 Å². The van der Waals surface area contributed by atoms with Gasteiger partial charge in [0.1, 0.15) is 0 Å². The van der Waals surface area contributed by atoms with E-state index in [9.17, 15) is 4.79 Å². The van der Waals surface area contributed by atoms with Crippen LogP contribution >= 0.6 is 0 Å². The van der Waals surface area contributed by atoms with Crippen LogP contribution in [0.2, 0.25) is 0 Å². The summed E-state index contributed by atoms with van der Waals surface area (Å²) in [6.07, 6.45) is 1.83. The molecule has 0 atom stereocenters. The van der Waals surface area contributed by atoms with Crippen LogP contribution in [-0.2, 0) is 11.3 Å². The van der Waals surface area contributed by atoms with Crippen molar-refractivity contribution in [2.24, 2.45) is 0 Å². The molecule has 16 heavy (non-hydrogen) atoms. The number of pyridine rings is 1. The van der Waals surface area contributed by atoms with Gasteiger partial charge in [0.05, 0.1) is 12.2 Å². The van der Waals surface area contributed by atoms with E-state index in [2.05, 4.69) is 10.3 Å². The van der Waals surface area contributed by atoms with Gasteiger partial charge in [-0.1, -0.05) is 6.07 Å². The summed E-state index contributed by atoms with van der Waals surface area (Å²) in [5, 5.41) is 3.08. The number of nitrogens with zero attached hydrogens (tertiary/aromatic N) is 2. The predicted octanol–water partition coefficient (Wildman–Crippen LogP) is 0.958. The van der Waals surface area contributed by atoms with E-state index in [1.807, 2.05) is 32.2 Å². The Morgan fingerprint density at radius 1 is 1.50 bits per heavy atom. The smallest absolute Gasteiger partial charge is 0.236 e. The summed E-state index contributed by atoms with van der Waals surface area (Å²) in [6, 6.07) is 3.99. The Balaban J connectivity index is 2.30. The highest BCUT2D eigenvalue weighted by atomic mass is 16.2. The van der Waals surface area contributed by atoms with Gasteiger partial charge in [0.2, 0.25) is 5.91 Å². The fraction of sp³-hybridized carbons (Fsp3) is 0.500. The molecular weight excluding hydrogens is 202 g/mol. The number of aromatic nitrogens is 1. The topological polar surface area (TPSA) is 45.2 Å². The van der Waals surface area contributed by atoms with Gasteiger partial charge in [-0.3, -0.25) is 9.78 Å². The molecule has 0 aromatic carbocycles. The lowest BCUT2D eigenvalue weighted by atomic mass is 10.3. The first-order valence-corrected chi connectivity index (χ1v) is 5.49. The number of likely N-dealkylation sites (N-methyl/N-ethyl adjacent to an activating group) is 1. The standard InChI is InChI=1S/C12H19N3O/c1-4-15(3)12(16)9-13-8-11-6-5-10(2)7-14-11/h5-7,13H,4,8-9H2,1-3H3. The predicted molar refractivity (Wildman–Crippen MR) is 64.0 cm³/mol. The van der Waals surface area contributed by atoms with Crippen LogP contribution in [0.5, 0.6) is 0 Å². The SMILES string of the molecule is CCN(C)C(=O)CNCc1ccc(C)cn1. The molecule has 1 N–H and O–H groups in total. The lowest BCUT2D eigenvalue weighted by molar-refractivity contribution is -0.128. The maximum absolute atomic E-state index is 11.5. The Bertz CT molecular complexity index is 335. The average molecular weight is 221 g/mol. The Morgan fingerprint density at radius 2 is 2.25 bits per heavy atom. The van der Waals surface area contributed by atoms with Gasteiger partial charge >= 0.3 is 0 Å². The highest BCUT2D eigenvalue weighted by Crippen LogP contribution is 1.97. The maximum atomic E-state index is 11.5. The Kier molecular flexibility index (Phi) is 4.92. The monoisotopic (exact) mass is 221 g/mol. The van der Waals surface area contributed by atoms with E-state index in [-0.39, 0.29) is 5.91 Å². The molecule has 1 aromatic heterocycles. The first-order chi connectivity index (χ1) is 7.63. The van der Waals surface area contributed by atoms with E-state index in [4.69, 9.17) is 0 Å². The number of carbonyl (C=O) groups is 1. The average Bonchev–Trinajstić information content (AvgIpc) is 2.30. The highest BCUT2D eigenvalue weighted by molar-refractivity contribution is 5.77. The molecule has 0 fully saturated rings. The minimum atomic E-state index is 0.106. The molecule has 0 bridgehead atoms. The van der Waals surface area contributed by atoms with Gasteiger partial charge in [0, 0.05) is 26.3 Å². The largest absolute Gasteiger partial charge is 0.345 e. The number of aryl methyl sites for hydroxylation is 1. The fourth-order valence-corrected chi connectivity index (χ4v) is 1.21. The van der Waals surface area contributed by atoms with Gasteiger partial charge in [0.15, 0.2) is 0 Å². The molecule has 1 heterocycles.